The topological polar surface area (TPSA) is 53.4 Å². The number of para-hydroxylation sites is 1. The predicted octanol–water partition coefficient (Wildman–Crippen LogP) is 1.88. The van der Waals surface area contributed by atoms with E-state index in [0.717, 1.165) is 11.3 Å². The molecule has 1 aromatic carbocycles. The Kier molecular flexibility index (Phi) is 3.03. The lowest BCUT2D eigenvalue weighted by Gasteiger charge is -2.22. The Morgan fingerprint density at radius 2 is 1.90 bits per heavy atom. The van der Waals surface area contributed by atoms with E-state index in [4.69, 9.17) is 0 Å². The van der Waals surface area contributed by atoms with Crippen LogP contribution in [-0.4, -0.2) is 22.5 Å². The lowest BCUT2D eigenvalue weighted by molar-refractivity contribution is -0.135. The first-order chi connectivity index (χ1) is 9.66. The number of fused-ring (bicyclic) bond motifs is 1. The molecule has 4 heteroatoms. The van der Waals surface area contributed by atoms with Gasteiger partial charge < -0.3 is 10.0 Å². The van der Waals surface area contributed by atoms with Crippen LogP contribution >= 0.6 is 0 Å². The van der Waals surface area contributed by atoms with Crippen LogP contribution in [0.5, 0.6) is 0 Å². The van der Waals surface area contributed by atoms with Crippen LogP contribution in [0.25, 0.3) is 0 Å². The van der Waals surface area contributed by atoms with Gasteiger partial charge in [-0.15, -0.1) is 0 Å². The molecule has 1 aliphatic heterocycles. The van der Waals surface area contributed by atoms with Gasteiger partial charge in [0, 0.05) is 30.9 Å². The number of nitrogens with zero attached hydrogens (tertiary/aromatic N) is 2. The fraction of sp³-hybridized carbons (Fsp3) is 0.250. The van der Waals surface area contributed by atoms with E-state index in [1.165, 1.54) is 0 Å². The minimum atomic E-state index is -1.48. The second-order valence-electron chi connectivity index (χ2n) is 4.96. The van der Waals surface area contributed by atoms with Crippen LogP contribution in [0.1, 0.15) is 18.1 Å². The van der Waals surface area contributed by atoms with E-state index in [1.807, 2.05) is 43.3 Å². The molecule has 0 radical (unpaired) electrons. The molecule has 1 aromatic heterocycles. The van der Waals surface area contributed by atoms with Crippen LogP contribution in [0.15, 0.2) is 48.8 Å². The molecule has 102 valence electrons. The maximum absolute atomic E-state index is 12.6. The zero-order valence-corrected chi connectivity index (χ0v) is 11.3. The number of likely N-dealkylation sites (N-methyl/N-ethyl adjacent to an activating group) is 1. The Morgan fingerprint density at radius 3 is 2.60 bits per heavy atom. The summed E-state index contributed by atoms with van der Waals surface area (Å²) in [6.45, 7) is 2.46. The third kappa shape index (κ3) is 1.80. The van der Waals surface area contributed by atoms with Crippen LogP contribution < -0.4 is 4.90 Å². The second-order valence-corrected chi connectivity index (χ2v) is 4.96. The first kappa shape index (κ1) is 12.8. The molecule has 0 aliphatic carbocycles. The Bertz CT molecular complexity index is 642. The molecule has 1 atom stereocenters. The van der Waals surface area contributed by atoms with Gasteiger partial charge in [0.05, 0.1) is 5.69 Å². The number of anilines is 1. The molecule has 0 spiro atoms. The molecule has 20 heavy (non-hydrogen) atoms. The van der Waals surface area contributed by atoms with Gasteiger partial charge in [0.15, 0.2) is 5.60 Å². The molecule has 2 aromatic rings. The standard InChI is InChI=1S/C16H16N2O2/c1-2-18-14-6-4-3-5-13(14)16(20,15(18)19)11-12-7-9-17-10-8-12/h3-10,20H,2,11H2,1H3. The number of hydrogen-bond acceptors (Lipinski definition) is 3. The molecule has 3 rings (SSSR count). The first-order valence-corrected chi connectivity index (χ1v) is 6.69. The zero-order chi connectivity index (χ0) is 14.2. The third-order valence-corrected chi connectivity index (χ3v) is 3.76. The lowest BCUT2D eigenvalue weighted by Crippen LogP contribution is -2.41. The van der Waals surface area contributed by atoms with Gasteiger partial charge in [-0.1, -0.05) is 18.2 Å². The molecule has 1 amide bonds. The average molecular weight is 268 g/mol. The summed E-state index contributed by atoms with van der Waals surface area (Å²) in [5.41, 5.74) is 0.900. The number of pyridine rings is 1. The molecule has 1 N–H and O–H groups in total. The van der Waals surface area contributed by atoms with Crippen molar-refractivity contribution in [3.63, 3.8) is 0 Å². The molecule has 0 bridgehead atoms. The summed E-state index contributed by atoms with van der Waals surface area (Å²) in [6.07, 6.45) is 3.60. The number of benzene rings is 1. The van der Waals surface area contributed by atoms with Crippen molar-refractivity contribution < 1.29 is 9.90 Å². The van der Waals surface area contributed by atoms with Crippen molar-refractivity contribution in [2.24, 2.45) is 0 Å². The van der Waals surface area contributed by atoms with Crippen LogP contribution in [0.2, 0.25) is 0 Å². The Labute approximate surface area is 117 Å². The Morgan fingerprint density at radius 1 is 1.20 bits per heavy atom. The second kappa shape index (κ2) is 4.72. The minimum Gasteiger partial charge on any atom is -0.375 e. The van der Waals surface area contributed by atoms with E-state index < -0.39 is 5.60 Å². The van der Waals surface area contributed by atoms with E-state index in [1.54, 1.807) is 17.3 Å². The highest BCUT2D eigenvalue weighted by Gasteiger charge is 2.48. The van der Waals surface area contributed by atoms with Gasteiger partial charge in [-0.3, -0.25) is 9.78 Å². The normalized spacial score (nSPS) is 21.1. The van der Waals surface area contributed by atoms with E-state index in [0.29, 0.717) is 12.1 Å². The van der Waals surface area contributed by atoms with Crippen LogP contribution in [-0.2, 0) is 16.8 Å². The molecular weight excluding hydrogens is 252 g/mol. The quantitative estimate of drug-likeness (QED) is 0.924. The highest BCUT2D eigenvalue weighted by atomic mass is 16.3. The molecule has 2 heterocycles. The SMILES string of the molecule is CCN1C(=O)C(O)(Cc2ccncc2)c2ccccc21. The van der Waals surface area contributed by atoms with Crippen molar-refractivity contribution in [1.29, 1.82) is 0 Å². The Balaban J connectivity index is 2.06. The van der Waals surface area contributed by atoms with E-state index in [9.17, 15) is 9.90 Å². The van der Waals surface area contributed by atoms with Crippen molar-refractivity contribution in [2.75, 3.05) is 11.4 Å². The number of aromatic nitrogens is 1. The summed E-state index contributed by atoms with van der Waals surface area (Å²) >= 11 is 0. The van der Waals surface area contributed by atoms with Crippen LogP contribution in [0, 0.1) is 0 Å². The lowest BCUT2D eigenvalue weighted by atomic mass is 9.89. The van der Waals surface area contributed by atoms with Crippen molar-refractivity contribution >= 4 is 11.6 Å². The molecule has 4 nitrogen and oxygen atoms in total. The summed E-state index contributed by atoms with van der Waals surface area (Å²) in [6, 6.07) is 11.1. The van der Waals surface area contributed by atoms with E-state index >= 15 is 0 Å². The summed E-state index contributed by atoms with van der Waals surface area (Å²) in [5.74, 6) is -0.252. The van der Waals surface area contributed by atoms with Gasteiger partial charge in [-0.25, -0.2) is 0 Å². The van der Waals surface area contributed by atoms with Gasteiger partial charge in [0.2, 0.25) is 0 Å². The van der Waals surface area contributed by atoms with Gasteiger partial charge in [0.1, 0.15) is 0 Å². The van der Waals surface area contributed by atoms with Gasteiger partial charge in [-0.2, -0.15) is 0 Å². The monoisotopic (exact) mass is 268 g/mol. The molecule has 1 unspecified atom stereocenters. The Hall–Kier alpha value is -2.20. The predicted molar refractivity (Wildman–Crippen MR) is 76.3 cm³/mol. The number of hydrogen-bond donors (Lipinski definition) is 1. The minimum absolute atomic E-state index is 0.252. The van der Waals surface area contributed by atoms with Crippen LogP contribution in [0.4, 0.5) is 5.69 Å². The number of amides is 1. The first-order valence-electron chi connectivity index (χ1n) is 6.69. The molecule has 0 fully saturated rings. The fourth-order valence-corrected chi connectivity index (χ4v) is 2.79. The highest BCUT2D eigenvalue weighted by molar-refractivity contribution is 6.06. The number of aliphatic hydroxyl groups is 1. The maximum Gasteiger partial charge on any atom is 0.264 e. The molecular formula is C16H16N2O2. The van der Waals surface area contributed by atoms with E-state index in [2.05, 4.69) is 4.98 Å². The fourth-order valence-electron chi connectivity index (χ4n) is 2.79. The highest BCUT2D eigenvalue weighted by Crippen LogP contribution is 2.41. The summed E-state index contributed by atoms with van der Waals surface area (Å²) in [5, 5.41) is 11.0. The summed E-state index contributed by atoms with van der Waals surface area (Å²) < 4.78 is 0. The van der Waals surface area contributed by atoms with Crippen LogP contribution in [0.3, 0.4) is 0 Å². The molecule has 0 saturated carbocycles. The number of rotatable bonds is 3. The van der Waals surface area contributed by atoms with Crippen molar-refractivity contribution in [3.8, 4) is 0 Å². The van der Waals surface area contributed by atoms with Crippen molar-refractivity contribution in [3.05, 3.63) is 59.9 Å². The van der Waals surface area contributed by atoms with Gasteiger partial charge >= 0.3 is 0 Å². The zero-order valence-electron chi connectivity index (χ0n) is 11.3. The van der Waals surface area contributed by atoms with E-state index in [-0.39, 0.29) is 12.3 Å². The average Bonchev–Trinajstić information content (AvgIpc) is 2.69. The smallest absolute Gasteiger partial charge is 0.264 e. The molecule has 1 aliphatic rings. The number of carbonyl (C=O) groups is 1. The largest absolute Gasteiger partial charge is 0.375 e. The van der Waals surface area contributed by atoms with Crippen molar-refractivity contribution in [2.45, 2.75) is 18.9 Å². The van der Waals surface area contributed by atoms with Gasteiger partial charge in [0.25, 0.3) is 5.91 Å². The maximum atomic E-state index is 12.6. The number of carbonyl (C=O) groups excluding carboxylic acids is 1. The molecule has 0 saturated heterocycles. The van der Waals surface area contributed by atoms with Gasteiger partial charge in [-0.05, 0) is 30.7 Å². The summed E-state index contributed by atoms with van der Waals surface area (Å²) in [7, 11) is 0. The summed E-state index contributed by atoms with van der Waals surface area (Å²) in [4.78, 5) is 18.2. The third-order valence-electron chi connectivity index (χ3n) is 3.76. The van der Waals surface area contributed by atoms with Crippen molar-refractivity contribution in [1.82, 2.24) is 4.98 Å².